The van der Waals surface area contributed by atoms with Gasteiger partial charge < -0.3 is 0 Å². The molecule has 0 aliphatic rings. The fraction of sp³-hybridized carbons (Fsp3) is 0.100. The molecule has 6 heteroatoms. The SMILES string of the molecule is O=c1c(I)cncn1Cc1cccc(Cl)n1. The van der Waals surface area contributed by atoms with E-state index in [1.165, 1.54) is 17.1 Å². The van der Waals surface area contributed by atoms with Crippen molar-refractivity contribution in [3.63, 3.8) is 0 Å². The molecule has 82 valence electrons. The highest BCUT2D eigenvalue weighted by Gasteiger charge is 2.02. The van der Waals surface area contributed by atoms with E-state index in [-0.39, 0.29) is 5.56 Å². The zero-order chi connectivity index (χ0) is 11.5. The van der Waals surface area contributed by atoms with E-state index in [4.69, 9.17) is 11.6 Å². The van der Waals surface area contributed by atoms with Crippen LogP contribution < -0.4 is 5.56 Å². The largest absolute Gasteiger partial charge is 0.292 e. The Morgan fingerprint density at radius 3 is 3.00 bits per heavy atom. The minimum Gasteiger partial charge on any atom is -0.292 e. The van der Waals surface area contributed by atoms with Gasteiger partial charge in [0, 0.05) is 6.20 Å². The lowest BCUT2D eigenvalue weighted by atomic mass is 10.3. The van der Waals surface area contributed by atoms with Crippen molar-refractivity contribution < 1.29 is 0 Å². The Labute approximate surface area is 110 Å². The molecule has 4 nitrogen and oxygen atoms in total. The molecule has 0 atom stereocenters. The van der Waals surface area contributed by atoms with E-state index in [9.17, 15) is 4.79 Å². The van der Waals surface area contributed by atoms with Gasteiger partial charge in [0.15, 0.2) is 0 Å². The van der Waals surface area contributed by atoms with Crippen LogP contribution in [0.25, 0.3) is 0 Å². The van der Waals surface area contributed by atoms with Crippen molar-refractivity contribution >= 4 is 34.2 Å². The van der Waals surface area contributed by atoms with Gasteiger partial charge in [0.1, 0.15) is 5.15 Å². The standard InChI is InChI=1S/C10H7ClIN3O/c11-9-3-1-2-7(14-9)5-15-6-13-4-8(12)10(15)16/h1-4,6H,5H2. The molecule has 2 aromatic rings. The van der Waals surface area contributed by atoms with Crippen LogP contribution in [0.4, 0.5) is 0 Å². The summed E-state index contributed by atoms with van der Waals surface area (Å²) < 4.78 is 2.09. The summed E-state index contributed by atoms with van der Waals surface area (Å²) in [7, 11) is 0. The van der Waals surface area contributed by atoms with Crippen LogP contribution in [0.2, 0.25) is 5.15 Å². The highest BCUT2D eigenvalue weighted by molar-refractivity contribution is 14.1. The molecule has 2 aromatic heterocycles. The molecule has 0 N–H and O–H groups in total. The van der Waals surface area contributed by atoms with Crippen LogP contribution in [-0.4, -0.2) is 14.5 Å². The van der Waals surface area contributed by atoms with Crippen LogP contribution in [0.5, 0.6) is 0 Å². The van der Waals surface area contributed by atoms with Crippen molar-refractivity contribution in [3.05, 3.63) is 55.5 Å². The van der Waals surface area contributed by atoms with Crippen LogP contribution in [-0.2, 0) is 6.54 Å². The van der Waals surface area contributed by atoms with E-state index < -0.39 is 0 Å². The van der Waals surface area contributed by atoms with Crippen molar-refractivity contribution in [2.45, 2.75) is 6.54 Å². The summed E-state index contributed by atoms with van der Waals surface area (Å²) in [4.78, 5) is 19.8. The normalized spacial score (nSPS) is 10.4. The van der Waals surface area contributed by atoms with Crippen molar-refractivity contribution in [3.8, 4) is 0 Å². The minimum atomic E-state index is -0.0719. The van der Waals surface area contributed by atoms with Gasteiger partial charge in [-0.3, -0.25) is 9.36 Å². The Bertz CT molecular complexity index is 570. The smallest absolute Gasteiger partial charge is 0.267 e. The minimum absolute atomic E-state index is 0.0719. The fourth-order valence-electron chi connectivity index (χ4n) is 1.25. The van der Waals surface area contributed by atoms with E-state index >= 15 is 0 Å². The first-order valence-electron chi connectivity index (χ1n) is 4.48. The maximum Gasteiger partial charge on any atom is 0.267 e. The molecule has 0 saturated carbocycles. The summed E-state index contributed by atoms with van der Waals surface area (Å²) in [5.41, 5.74) is 0.663. The van der Waals surface area contributed by atoms with Crippen molar-refractivity contribution in [2.75, 3.05) is 0 Å². The first-order chi connectivity index (χ1) is 7.66. The van der Waals surface area contributed by atoms with Gasteiger partial charge in [0.2, 0.25) is 0 Å². The van der Waals surface area contributed by atoms with Gasteiger partial charge in [-0.05, 0) is 34.7 Å². The fourth-order valence-corrected chi connectivity index (χ4v) is 1.90. The molecule has 0 aliphatic carbocycles. The number of halogens is 2. The first kappa shape index (κ1) is 11.5. The van der Waals surface area contributed by atoms with Crippen LogP contribution in [0.15, 0.2) is 35.5 Å². The number of rotatable bonds is 2. The Morgan fingerprint density at radius 2 is 2.25 bits per heavy atom. The molecule has 0 saturated heterocycles. The molecule has 2 heterocycles. The lowest BCUT2D eigenvalue weighted by Crippen LogP contribution is -2.23. The van der Waals surface area contributed by atoms with Gasteiger partial charge in [-0.1, -0.05) is 17.7 Å². The number of hydrogen-bond donors (Lipinski definition) is 0. The monoisotopic (exact) mass is 347 g/mol. The van der Waals surface area contributed by atoms with Gasteiger partial charge in [0.25, 0.3) is 5.56 Å². The Balaban J connectivity index is 2.34. The number of pyridine rings is 1. The Morgan fingerprint density at radius 1 is 1.44 bits per heavy atom. The number of aromatic nitrogens is 3. The van der Waals surface area contributed by atoms with E-state index in [0.717, 1.165) is 5.69 Å². The maximum absolute atomic E-state index is 11.7. The Kier molecular flexibility index (Phi) is 3.55. The zero-order valence-electron chi connectivity index (χ0n) is 8.10. The number of nitrogens with zero attached hydrogens (tertiary/aromatic N) is 3. The predicted octanol–water partition coefficient (Wildman–Crippen LogP) is 1.94. The lowest BCUT2D eigenvalue weighted by molar-refractivity contribution is 0.714. The molecular weight excluding hydrogens is 340 g/mol. The van der Waals surface area contributed by atoms with Gasteiger partial charge in [-0.25, -0.2) is 9.97 Å². The quantitative estimate of drug-likeness (QED) is 0.616. The van der Waals surface area contributed by atoms with Gasteiger partial charge in [0.05, 0.1) is 22.1 Å². The molecule has 0 unspecified atom stereocenters. The summed E-state index contributed by atoms with van der Waals surface area (Å²) in [5, 5.41) is 0.420. The second-order valence-electron chi connectivity index (χ2n) is 3.13. The van der Waals surface area contributed by atoms with E-state index in [1.807, 2.05) is 28.7 Å². The molecule has 0 amide bonds. The molecule has 0 aliphatic heterocycles. The van der Waals surface area contributed by atoms with Crippen molar-refractivity contribution in [1.29, 1.82) is 0 Å². The average molecular weight is 348 g/mol. The van der Waals surface area contributed by atoms with Crippen molar-refractivity contribution in [2.24, 2.45) is 0 Å². The molecule has 16 heavy (non-hydrogen) atoms. The summed E-state index contributed by atoms with van der Waals surface area (Å²) in [5.74, 6) is 0. The van der Waals surface area contributed by atoms with Crippen LogP contribution >= 0.6 is 34.2 Å². The second-order valence-corrected chi connectivity index (χ2v) is 4.68. The second kappa shape index (κ2) is 4.92. The van der Waals surface area contributed by atoms with Gasteiger partial charge in [-0.15, -0.1) is 0 Å². The topological polar surface area (TPSA) is 47.8 Å². The van der Waals surface area contributed by atoms with Crippen LogP contribution in [0.3, 0.4) is 0 Å². The van der Waals surface area contributed by atoms with Crippen LogP contribution in [0, 0.1) is 3.57 Å². The predicted molar refractivity (Wildman–Crippen MR) is 69.6 cm³/mol. The first-order valence-corrected chi connectivity index (χ1v) is 5.94. The van der Waals surface area contributed by atoms with E-state index in [1.54, 1.807) is 12.1 Å². The highest BCUT2D eigenvalue weighted by atomic mass is 127. The summed E-state index contributed by atoms with van der Waals surface area (Å²) in [6.45, 7) is 0.378. The average Bonchev–Trinajstić information content (AvgIpc) is 2.25. The van der Waals surface area contributed by atoms with Gasteiger partial charge >= 0.3 is 0 Å². The molecule has 0 aromatic carbocycles. The summed E-state index contributed by atoms with van der Waals surface area (Å²) in [6.07, 6.45) is 3.03. The molecule has 0 spiro atoms. The van der Waals surface area contributed by atoms with Crippen LogP contribution in [0.1, 0.15) is 5.69 Å². The van der Waals surface area contributed by atoms with Crippen molar-refractivity contribution in [1.82, 2.24) is 14.5 Å². The highest BCUT2D eigenvalue weighted by Crippen LogP contribution is 2.05. The zero-order valence-corrected chi connectivity index (χ0v) is 11.0. The lowest BCUT2D eigenvalue weighted by Gasteiger charge is -2.04. The third-order valence-corrected chi connectivity index (χ3v) is 2.91. The molecule has 0 fully saturated rings. The van der Waals surface area contributed by atoms with E-state index in [2.05, 4.69) is 9.97 Å². The Hall–Kier alpha value is -0.950. The molecule has 0 radical (unpaired) electrons. The summed E-state index contributed by atoms with van der Waals surface area (Å²) in [6, 6.07) is 5.32. The number of hydrogen-bond acceptors (Lipinski definition) is 3. The third kappa shape index (κ3) is 2.59. The molecule has 2 rings (SSSR count). The summed E-state index contributed by atoms with van der Waals surface area (Å²) >= 11 is 7.72. The van der Waals surface area contributed by atoms with Gasteiger partial charge in [-0.2, -0.15) is 0 Å². The third-order valence-electron chi connectivity index (χ3n) is 1.96. The maximum atomic E-state index is 11.7. The molecular formula is C10H7ClIN3O. The molecule has 0 bridgehead atoms. The van der Waals surface area contributed by atoms with E-state index in [0.29, 0.717) is 15.3 Å².